The summed E-state index contributed by atoms with van der Waals surface area (Å²) in [6.45, 7) is 7.66. The van der Waals surface area contributed by atoms with Gasteiger partial charge in [0.2, 0.25) is 0 Å². The van der Waals surface area contributed by atoms with Gasteiger partial charge in [0, 0.05) is 12.3 Å². The molecule has 0 saturated carbocycles. The molecule has 2 heterocycles. The molecule has 4 unspecified atom stereocenters. The Kier molecular flexibility index (Phi) is 4.12. The lowest BCUT2D eigenvalue weighted by Gasteiger charge is -2.27. The minimum absolute atomic E-state index is 0.0148. The van der Waals surface area contributed by atoms with E-state index in [2.05, 4.69) is 0 Å². The predicted octanol–water partition coefficient (Wildman–Crippen LogP) is 1.16. The molecule has 4 atom stereocenters. The second kappa shape index (κ2) is 5.26. The van der Waals surface area contributed by atoms with Crippen LogP contribution in [0.15, 0.2) is 0 Å². The van der Waals surface area contributed by atoms with Crippen molar-refractivity contribution >= 4 is 5.97 Å². The molecular formula is C14H24O6. The molecule has 2 aliphatic heterocycles. The van der Waals surface area contributed by atoms with Crippen molar-refractivity contribution in [2.45, 2.75) is 70.2 Å². The number of rotatable bonds is 4. The Bertz CT molecular complexity index is 378. The third-order valence-electron chi connectivity index (χ3n) is 4.06. The van der Waals surface area contributed by atoms with E-state index in [1.807, 2.05) is 27.7 Å². The Hall–Kier alpha value is -0.690. The van der Waals surface area contributed by atoms with E-state index in [1.165, 1.54) is 0 Å². The molecule has 2 rings (SSSR count). The topological polar surface area (TPSA) is 85.2 Å². The number of carbonyl (C=O) groups is 1. The van der Waals surface area contributed by atoms with Gasteiger partial charge in [0.1, 0.15) is 0 Å². The minimum atomic E-state index is -0.865. The van der Waals surface area contributed by atoms with Crippen molar-refractivity contribution in [2.75, 3.05) is 6.61 Å². The molecule has 116 valence electrons. The lowest BCUT2D eigenvalue weighted by atomic mass is 9.85. The number of carboxylic acid groups (broad SMARTS) is 1. The standard InChI is InChI=1S/C14H24O6/c1-13(2)12(17)11(8(19-13)5-6-10(15)16)9-7-18-14(3,4)20-9/h8-9,11-12,17H,5-7H2,1-4H3,(H,15,16). The molecule has 2 saturated heterocycles. The normalized spacial score (nSPS) is 39.0. The number of hydrogen-bond donors (Lipinski definition) is 2. The predicted molar refractivity (Wildman–Crippen MR) is 70.2 cm³/mol. The second-order valence-electron chi connectivity index (χ2n) is 6.58. The summed E-state index contributed by atoms with van der Waals surface area (Å²) >= 11 is 0. The van der Waals surface area contributed by atoms with Crippen LogP contribution < -0.4 is 0 Å². The molecule has 0 aliphatic carbocycles. The average molecular weight is 288 g/mol. The Labute approximate surface area is 119 Å². The maximum atomic E-state index is 10.8. The Morgan fingerprint density at radius 2 is 1.90 bits per heavy atom. The molecule has 2 N–H and O–H groups in total. The smallest absolute Gasteiger partial charge is 0.303 e. The van der Waals surface area contributed by atoms with E-state index in [0.717, 1.165) is 0 Å². The highest BCUT2D eigenvalue weighted by atomic mass is 16.7. The number of aliphatic carboxylic acids is 1. The molecule has 20 heavy (non-hydrogen) atoms. The van der Waals surface area contributed by atoms with Crippen LogP contribution in [0.5, 0.6) is 0 Å². The summed E-state index contributed by atoms with van der Waals surface area (Å²) in [4.78, 5) is 10.8. The van der Waals surface area contributed by atoms with E-state index in [0.29, 0.717) is 13.0 Å². The third kappa shape index (κ3) is 3.14. The molecular weight excluding hydrogens is 264 g/mol. The summed E-state index contributed by atoms with van der Waals surface area (Å²) in [7, 11) is 0. The zero-order valence-corrected chi connectivity index (χ0v) is 12.5. The highest BCUT2D eigenvalue weighted by Gasteiger charge is 2.54. The summed E-state index contributed by atoms with van der Waals surface area (Å²) in [5, 5.41) is 19.3. The first-order valence-electron chi connectivity index (χ1n) is 7.02. The van der Waals surface area contributed by atoms with Crippen molar-refractivity contribution in [3.05, 3.63) is 0 Å². The summed E-state index contributed by atoms with van der Waals surface area (Å²) in [6.07, 6.45) is -0.940. The molecule has 2 aliphatic rings. The molecule has 0 aromatic heterocycles. The van der Waals surface area contributed by atoms with Crippen LogP contribution in [0.1, 0.15) is 40.5 Å². The van der Waals surface area contributed by atoms with Crippen molar-refractivity contribution in [3.63, 3.8) is 0 Å². The van der Waals surface area contributed by atoms with Crippen molar-refractivity contribution in [2.24, 2.45) is 5.92 Å². The molecule has 0 bridgehead atoms. The third-order valence-corrected chi connectivity index (χ3v) is 4.06. The van der Waals surface area contributed by atoms with Crippen LogP contribution in [0.25, 0.3) is 0 Å². The second-order valence-corrected chi connectivity index (χ2v) is 6.58. The largest absolute Gasteiger partial charge is 0.481 e. The molecule has 0 spiro atoms. The van der Waals surface area contributed by atoms with E-state index < -0.39 is 23.5 Å². The van der Waals surface area contributed by atoms with E-state index >= 15 is 0 Å². The zero-order chi connectivity index (χ0) is 15.1. The summed E-state index contributed by atoms with van der Waals surface area (Å²) in [6, 6.07) is 0. The Balaban J connectivity index is 2.11. The van der Waals surface area contributed by atoms with Crippen LogP contribution in [0, 0.1) is 5.92 Å². The molecule has 0 aromatic carbocycles. The van der Waals surface area contributed by atoms with Crippen LogP contribution in [-0.2, 0) is 19.0 Å². The fourth-order valence-corrected chi connectivity index (χ4v) is 3.07. The molecule has 6 nitrogen and oxygen atoms in total. The monoisotopic (exact) mass is 288 g/mol. The van der Waals surface area contributed by atoms with Crippen LogP contribution in [-0.4, -0.2) is 52.5 Å². The molecule has 2 fully saturated rings. The number of hydrogen-bond acceptors (Lipinski definition) is 5. The highest BCUT2D eigenvalue weighted by Crippen LogP contribution is 2.42. The van der Waals surface area contributed by atoms with Crippen LogP contribution in [0.3, 0.4) is 0 Å². The number of aliphatic hydroxyl groups excluding tert-OH is 1. The molecule has 6 heteroatoms. The summed E-state index contributed by atoms with van der Waals surface area (Å²) in [5.41, 5.74) is -0.704. The Morgan fingerprint density at radius 3 is 2.40 bits per heavy atom. The van der Waals surface area contributed by atoms with Crippen LogP contribution in [0.4, 0.5) is 0 Å². The summed E-state index contributed by atoms with van der Waals surface area (Å²) in [5.74, 6) is -1.81. The summed E-state index contributed by atoms with van der Waals surface area (Å²) < 4.78 is 17.2. The molecule has 0 radical (unpaired) electrons. The minimum Gasteiger partial charge on any atom is -0.481 e. The molecule has 0 aromatic rings. The van der Waals surface area contributed by atoms with E-state index in [-0.39, 0.29) is 24.5 Å². The quantitative estimate of drug-likeness (QED) is 0.807. The number of aliphatic hydroxyl groups is 1. The van der Waals surface area contributed by atoms with Gasteiger partial charge in [-0.3, -0.25) is 4.79 Å². The van der Waals surface area contributed by atoms with E-state index in [9.17, 15) is 9.90 Å². The van der Waals surface area contributed by atoms with Gasteiger partial charge in [0.05, 0.1) is 30.5 Å². The molecule has 0 amide bonds. The lowest BCUT2D eigenvalue weighted by Crippen LogP contribution is -2.42. The van der Waals surface area contributed by atoms with Crippen molar-refractivity contribution in [3.8, 4) is 0 Å². The zero-order valence-electron chi connectivity index (χ0n) is 12.5. The van der Waals surface area contributed by atoms with Crippen molar-refractivity contribution < 1.29 is 29.2 Å². The van der Waals surface area contributed by atoms with Crippen LogP contribution in [0.2, 0.25) is 0 Å². The number of ether oxygens (including phenoxy) is 3. The van der Waals surface area contributed by atoms with Gasteiger partial charge in [-0.05, 0) is 34.1 Å². The van der Waals surface area contributed by atoms with Gasteiger partial charge in [0.15, 0.2) is 5.79 Å². The van der Waals surface area contributed by atoms with Crippen molar-refractivity contribution in [1.82, 2.24) is 0 Å². The van der Waals surface area contributed by atoms with Crippen LogP contribution >= 0.6 is 0 Å². The first kappa shape index (κ1) is 15.7. The van der Waals surface area contributed by atoms with Gasteiger partial charge < -0.3 is 24.4 Å². The van der Waals surface area contributed by atoms with Gasteiger partial charge in [-0.1, -0.05) is 0 Å². The lowest BCUT2D eigenvalue weighted by molar-refractivity contribution is -0.151. The fraction of sp³-hybridized carbons (Fsp3) is 0.929. The van der Waals surface area contributed by atoms with Crippen molar-refractivity contribution in [1.29, 1.82) is 0 Å². The Morgan fingerprint density at radius 1 is 1.25 bits per heavy atom. The number of carboxylic acids is 1. The fourth-order valence-electron chi connectivity index (χ4n) is 3.07. The van der Waals surface area contributed by atoms with Gasteiger partial charge >= 0.3 is 5.97 Å². The first-order chi connectivity index (χ1) is 9.12. The van der Waals surface area contributed by atoms with E-state index in [1.54, 1.807) is 0 Å². The van der Waals surface area contributed by atoms with Gasteiger partial charge in [-0.2, -0.15) is 0 Å². The first-order valence-corrected chi connectivity index (χ1v) is 7.02. The maximum Gasteiger partial charge on any atom is 0.303 e. The highest BCUT2D eigenvalue weighted by molar-refractivity contribution is 5.66. The van der Waals surface area contributed by atoms with Gasteiger partial charge in [-0.15, -0.1) is 0 Å². The maximum absolute atomic E-state index is 10.8. The van der Waals surface area contributed by atoms with E-state index in [4.69, 9.17) is 19.3 Å². The average Bonchev–Trinajstić information content (AvgIpc) is 2.75. The van der Waals surface area contributed by atoms with Gasteiger partial charge in [0.25, 0.3) is 0 Å². The SMILES string of the molecule is CC1(C)OCC(C2C(CCC(=O)O)OC(C)(C)C2O)O1. The van der Waals surface area contributed by atoms with Gasteiger partial charge in [-0.25, -0.2) is 0 Å².